The number of hydrogen-bond acceptors (Lipinski definition) is 4. The van der Waals surface area contributed by atoms with Crippen molar-refractivity contribution in [1.29, 1.82) is 0 Å². The number of ether oxygens (including phenoxy) is 1. The molecule has 3 N–H and O–H groups in total. The van der Waals surface area contributed by atoms with Gasteiger partial charge >= 0.3 is 0 Å². The van der Waals surface area contributed by atoms with Crippen LogP contribution >= 0.6 is 0 Å². The third-order valence-corrected chi connectivity index (χ3v) is 2.35. The summed E-state index contributed by atoms with van der Waals surface area (Å²) in [4.78, 5) is 11.6. The third kappa shape index (κ3) is 2.10. The molecule has 15 heavy (non-hydrogen) atoms. The van der Waals surface area contributed by atoms with Crippen LogP contribution in [0, 0.1) is 0 Å². The van der Waals surface area contributed by atoms with E-state index in [1.54, 1.807) is 6.07 Å². The number of nitrogens with two attached hydrogens (primary N) is 1. The molecular weight excluding hydrogens is 192 g/mol. The highest BCUT2D eigenvalue weighted by atomic mass is 16.5. The fourth-order valence-corrected chi connectivity index (χ4v) is 1.59. The van der Waals surface area contributed by atoms with Gasteiger partial charge < -0.3 is 15.8 Å². The summed E-state index contributed by atoms with van der Waals surface area (Å²) in [7, 11) is 0. The SMILES string of the molecule is NCCC(=O)c1ccc2c(c1)NCCO2. The lowest BCUT2D eigenvalue weighted by molar-refractivity contribution is 0.0985. The van der Waals surface area contributed by atoms with E-state index in [0.29, 0.717) is 25.1 Å². The monoisotopic (exact) mass is 206 g/mol. The smallest absolute Gasteiger partial charge is 0.164 e. The van der Waals surface area contributed by atoms with E-state index in [-0.39, 0.29) is 5.78 Å². The highest BCUT2D eigenvalue weighted by Gasteiger charge is 2.12. The molecule has 1 heterocycles. The van der Waals surface area contributed by atoms with Crippen molar-refractivity contribution in [2.45, 2.75) is 6.42 Å². The van der Waals surface area contributed by atoms with Crippen molar-refractivity contribution in [3.05, 3.63) is 23.8 Å². The van der Waals surface area contributed by atoms with E-state index in [0.717, 1.165) is 18.0 Å². The van der Waals surface area contributed by atoms with E-state index in [1.807, 2.05) is 12.1 Å². The molecule has 4 nitrogen and oxygen atoms in total. The summed E-state index contributed by atoms with van der Waals surface area (Å²) in [6.07, 6.45) is 0.389. The third-order valence-electron chi connectivity index (χ3n) is 2.35. The minimum absolute atomic E-state index is 0.0765. The summed E-state index contributed by atoms with van der Waals surface area (Å²) < 4.78 is 5.42. The van der Waals surface area contributed by atoms with Gasteiger partial charge in [0.25, 0.3) is 0 Å². The molecule has 1 aliphatic rings. The van der Waals surface area contributed by atoms with Crippen LogP contribution in [0.3, 0.4) is 0 Å². The minimum atomic E-state index is 0.0765. The molecule has 1 aromatic rings. The van der Waals surface area contributed by atoms with Crippen LogP contribution in [-0.4, -0.2) is 25.5 Å². The van der Waals surface area contributed by atoms with Crippen molar-refractivity contribution in [2.75, 3.05) is 25.0 Å². The van der Waals surface area contributed by atoms with Crippen LogP contribution in [0.25, 0.3) is 0 Å². The number of Topliss-reactive ketones (excluding diaryl/α,β-unsaturated/α-hetero) is 1. The van der Waals surface area contributed by atoms with Crippen molar-refractivity contribution in [3.8, 4) is 5.75 Å². The quantitative estimate of drug-likeness (QED) is 0.725. The van der Waals surface area contributed by atoms with E-state index < -0.39 is 0 Å². The Morgan fingerprint density at radius 1 is 1.53 bits per heavy atom. The summed E-state index contributed by atoms with van der Waals surface area (Å²) in [6.45, 7) is 1.84. The number of fused-ring (bicyclic) bond motifs is 1. The summed E-state index contributed by atoms with van der Waals surface area (Å²) in [6, 6.07) is 5.43. The number of ketones is 1. The van der Waals surface area contributed by atoms with Gasteiger partial charge in [-0.1, -0.05) is 0 Å². The van der Waals surface area contributed by atoms with Crippen LogP contribution in [0.5, 0.6) is 5.75 Å². The second kappa shape index (κ2) is 4.31. The van der Waals surface area contributed by atoms with Crippen LogP contribution < -0.4 is 15.8 Å². The Morgan fingerprint density at radius 2 is 2.40 bits per heavy atom. The van der Waals surface area contributed by atoms with E-state index in [4.69, 9.17) is 10.5 Å². The predicted octanol–water partition coefficient (Wildman–Crippen LogP) is 1.02. The lowest BCUT2D eigenvalue weighted by Crippen LogP contribution is -2.18. The summed E-state index contributed by atoms with van der Waals surface area (Å²) in [5, 5.41) is 3.19. The number of nitrogens with one attached hydrogen (secondary N) is 1. The van der Waals surface area contributed by atoms with E-state index in [2.05, 4.69) is 5.32 Å². The predicted molar refractivity (Wildman–Crippen MR) is 58.4 cm³/mol. The van der Waals surface area contributed by atoms with Gasteiger partial charge in [0, 0.05) is 18.5 Å². The number of anilines is 1. The fraction of sp³-hybridized carbons (Fsp3) is 0.364. The number of benzene rings is 1. The fourth-order valence-electron chi connectivity index (χ4n) is 1.59. The lowest BCUT2D eigenvalue weighted by atomic mass is 10.1. The van der Waals surface area contributed by atoms with Crippen LogP contribution in [0.4, 0.5) is 5.69 Å². The molecule has 1 aromatic carbocycles. The molecule has 0 aliphatic carbocycles. The molecule has 0 fully saturated rings. The van der Waals surface area contributed by atoms with Crippen LogP contribution in [0.15, 0.2) is 18.2 Å². The molecule has 0 atom stereocenters. The molecule has 0 saturated heterocycles. The first-order valence-electron chi connectivity index (χ1n) is 5.05. The Kier molecular flexibility index (Phi) is 2.87. The average Bonchev–Trinajstić information content (AvgIpc) is 2.29. The molecule has 0 saturated carbocycles. The van der Waals surface area contributed by atoms with Gasteiger partial charge in [0.1, 0.15) is 12.4 Å². The van der Waals surface area contributed by atoms with Gasteiger partial charge in [-0.25, -0.2) is 0 Å². The van der Waals surface area contributed by atoms with Crippen molar-refractivity contribution < 1.29 is 9.53 Å². The topological polar surface area (TPSA) is 64.4 Å². The second-order valence-electron chi connectivity index (χ2n) is 3.45. The Bertz CT molecular complexity index is 377. The normalized spacial score (nSPS) is 13.7. The highest BCUT2D eigenvalue weighted by molar-refractivity contribution is 5.97. The largest absolute Gasteiger partial charge is 0.490 e. The first-order valence-corrected chi connectivity index (χ1v) is 5.05. The van der Waals surface area contributed by atoms with Crippen LogP contribution in [0.2, 0.25) is 0 Å². The highest BCUT2D eigenvalue weighted by Crippen LogP contribution is 2.28. The van der Waals surface area contributed by atoms with Gasteiger partial charge in [0.05, 0.1) is 5.69 Å². The molecule has 1 aliphatic heterocycles. The van der Waals surface area contributed by atoms with Gasteiger partial charge in [-0.15, -0.1) is 0 Å². The van der Waals surface area contributed by atoms with Gasteiger partial charge in [0.15, 0.2) is 5.78 Å². The van der Waals surface area contributed by atoms with E-state index in [1.165, 1.54) is 0 Å². The molecule has 0 aromatic heterocycles. The first kappa shape index (κ1) is 9.98. The Hall–Kier alpha value is -1.55. The number of rotatable bonds is 3. The lowest BCUT2D eigenvalue weighted by Gasteiger charge is -2.19. The van der Waals surface area contributed by atoms with Crippen molar-refractivity contribution in [3.63, 3.8) is 0 Å². The standard InChI is InChI=1S/C11H14N2O2/c12-4-3-10(14)8-1-2-11-9(7-8)13-5-6-15-11/h1-2,7,13H,3-6,12H2. The van der Waals surface area contributed by atoms with Crippen molar-refractivity contribution >= 4 is 11.5 Å². The van der Waals surface area contributed by atoms with Gasteiger partial charge in [0.2, 0.25) is 0 Å². The number of hydrogen-bond donors (Lipinski definition) is 2. The molecule has 0 unspecified atom stereocenters. The molecule has 80 valence electrons. The molecule has 0 spiro atoms. The van der Waals surface area contributed by atoms with Crippen molar-refractivity contribution in [1.82, 2.24) is 0 Å². The zero-order valence-electron chi connectivity index (χ0n) is 8.45. The number of carbonyl (C=O) groups excluding carboxylic acids is 1. The average molecular weight is 206 g/mol. The Balaban J connectivity index is 2.24. The summed E-state index contributed by atoms with van der Waals surface area (Å²) in [5.74, 6) is 0.887. The Labute approximate surface area is 88.4 Å². The van der Waals surface area contributed by atoms with E-state index in [9.17, 15) is 4.79 Å². The Morgan fingerprint density at radius 3 is 3.20 bits per heavy atom. The molecule has 0 radical (unpaired) electrons. The molecule has 0 bridgehead atoms. The zero-order chi connectivity index (χ0) is 10.7. The molecular formula is C11H14N2O2. The van der Waals surface area contributed by atoms with Crippen LogP contribution in [0.1, 0.15) is 16.8 Å². The number of carbonyl (C=O) groups is 1. The molecule has 0 amide bonds. The van der Waals surface area contributed by atoms with Gasteiger partial charge in [-0.3, -0.25) is 4.79 Å². The second-order valence-corrected chi connectivity index (χ2v) is 3.45. The maximum Gasteiger partial charge on any atom is 0.164 e. The maximum absolute atomic E-state index is 11.6. The maximum atomic E-state index is 11.6. The first-order chi connectivity index (χ1) is 7.31. The van der Waals surface area contributed by atoms with Gasteiger partial charge in [-0.05, 0) is 24.7 Å². The van der Waals surface area contributed by atoms with Crippen LogP contribution in [-0.2, 0) is 0 Å². The minimum Gasteiger partial charge on any atom is -0.490 e. The molecule has 2 rings (SSSR count). The zero-order valence-corrected chi connectivity index (χ0v) is 8.45. The van der Waals surface area contributed by atoms with E-state index >= 15 is 0 Å². The van der Waals surface area contributed by atoms with Gasteiger partial charge in [-0.2, -0.15) is 0 Å². The summed E-state index contributed by atoms with van der Waals surface area (Å²) >= 11 is 0. The molecule has 4 heteroatoms. The van der Waals surface area contributed by atoms with Crippen molar-refractivity contribution in [2.24, 2.45) is 5.73 Å². The summed E-state index contributed by atoms with van der Waals surface area (Å²) in [5.41, 5.74) is 6.93.